The van der Waals surface area contributed by atoms with Crippen molar-refractivity contribution in [2.24, 2.45) is 0 Å². The first-order valence-corrected chi connectivity index (χ1v) is 6.68. The number of allylic oxidation sites excluding steroid dienone is 1. The first-order valence-electron chi connectivity index (χ1n) is 6.68. The van der Waals surface area contributed by atoms with Crippen LogP contribution in [0.2, 0.25) is 0 Å². The molecule has 1 heterocycles. The second-order valence-corrected chi connectivity index (χ2v) is 4.84. The second kappa shape index (κ2) is 6.26. The van der Waals surface area contributed by atoms with Crippen molar-refractivity contribution in [3.8, 4) is 0 Å². The molecule has 0 unspecified atom stereocenters. The lowest BCUT2D eigenvalue weighted by Gasteiger charge is -2.04. The number of nitrogens with zero attached hydrogens (tertiary/aromatic N) is 3. The Morgan fingerprint density at radius 3 is 2.41 bits per heavy atom. The molecule has 1 aromatic heterocycles. The standard InChI is InChI=1S/C16H15N3O3/c1-10-11(2)18-14(12(3)17-10)8-9-16(20)13-6-4-5-7-15(13)19(21)22/h4-9H,1-3H3/b9-8+. The molecule has 0 fully saturated rings. The molecule has 6 heteroatoms. The van der Waals surface area contributed by atoms with Crippen LogP contribution in [-0.4, -0.2) is 20.7 Å². The number of carbonyl (C=O) groups excluding carboxylic acids is 1. The predicted octanol–water partition coefficient (Wildman–Crippen LogP) is 3.21. The first-order chi connectivity index (χ1) is 10.4. The number of aryl methyl sites for hydroxylation is 3. The normalized spacial score (nSPS) is 10.9. The summed E-state index contributed by atoms with van der Waals surface area (Å²) in [5.74, 6) is -0.438. The molecule has 0 saturated heterocycles. The summed E-state index contributed by atoms with van der Waals surface area (Å²) in [7, 11) is 0. The maximum absolute atomic E-state index is 12.2. The first kappa shape index (κ1) is 15.5. The van der Waals surface area contributed by atoms with Crippen molar-refractivity contribution in [3.05, 3.63) is 68.8 Å². The third-order valence-corrected chi connectivity index (χ3v) is 3.28. The number of aromatic nitrogens is 2. The molecule has 0 spiro atoms. The summed E-state index contributed by atoms with van der Waals surface area (Å²) < 4.78 is 0. The van der Waals surface area contributed by atoms with Gasteiger partial charge in [0.05, 0.1) is 33.3 Å². The summed E-state index contributed by atoms with van der Waals surface area (Å²) in [4.78, 5) is 31.2. The van der Waals surface area contributed by atoms with Crippen LogP contribution < -0.4 is 0 Å². The van der Waals surface area contributed by atoms with Gasteiger partial charge in [-0.3, -0.25) is 19.9 Å². The highest BCUT2D eigenvalue weighted by Crippen LogP contribution is 2.19. The minimum absolute atomic E-state index is 0.0539. The zero-order chi connectivity index (χ0) is 16.3. The van der Waals surface area contributed by atoms with E-state index in [2.05, 4.69) is 9.97 Å². The van der Waals surface area contributed by atoms with Crippen LogP contribution in [0.5, 0.6) is 0 Å². The Morgan fingerprint density at radius 1 is 1.09 bits per heavy atom. The van der Waals surface area contributed by atoms with Gasteiger partial charge < -0.3 is 0 Å². The van der Waals surface area contributed by atoms with Crippen LogP contribution >= 0.6 is 0 Å². The van der Waals surface area contributed by atoms with E-state index in [0.29, 0.717) is 11.4 Å². The number of benzene rings is 1. The molecule has 0 atom stereocenters. The molecule has 1 aromatic carbocycles. The quantitative estimate of drug-likeness (QED) is 0.374. The zero-order valence-corrected chi connectivity index (χ0v) is 12.5. The fraction of sp³-hybridized carbons (Fsp3) is 0.188. The summed E-state index contributed by atoms with van der Waals surface area (Å²) in [5.41, 5.74) is 2.74. The number of para-hydroxylation sites is 1. The molecule has 22 heavy (non-hydrogen) atoms. The molecule has 6 nitrogen and oxygen atoms in total. The second-order valence-electron chi connectivity index (χ2n) is 4.84. The molecule has 0 amide bonds. The Balaban J connectivity index is 2.34. The zero-order valence-electron chi connectivity index (χ0n) is 12.5. The van der Waals surface area contributed by atoms with Crippen molar-refractivity contribution >= 4 is 17.5 Å². The highest BCUT2D eigenvalue weighted by Gasteiger charge is 2.17. The summed E-state index contributed by atoms with van der Waals surface area (Å²) in [6, 6.07) is 5.86. The average molecular weight is 297 g/mol. The Hall–Kier alpha value is -2.89. The summed E-state index contributed by atoms with van der Waals surface area (Å²) in [6.07, 6.45) is 2.82. The van der Waals surface area contributed by atoms with Crippen molar-refractivity contribution in [2.75, 3.05) is 0 Å². The number of rotatable bonds is 4. The summed E-state index contributed by atoms with van der Waals surface area (Å²) in [5, 5.41) is 10.9. The van der Waals surface area contributed by atoms with Crippen molar-refractivity contribution in [2.45, 2.75) is 20.8 Å². The van der Waals surface area contributed by atoms with Gasteiger partial charge in [-0.15, -0.1) is 0 Å². The third-order valence-electron chi connectivity index (χ3n) is 3.28. The highest BCUT2D eigenvalue weighted by molar-refractivity contribution is 6.09. The minimum atomic E-state index is -0.567. The molecule has 2 aromatic rings. The summed E-state index contributed by atoms with van der Waals surface area (Å²) in [6.45, 7) is 5.50. The van der Waals surface area contributed by atoms with Gasteiger partial charge in [0, 0.05) is 6.07 Å². The van der Waals surface area contributed by atoms with Crippen LogP contribution in [0.3, 0.4) is 0 Å². The molecule has 0 aliphatic carbocycles. The van der Waals surface area contributed by atoms with Gasteiger partial charge >= 0.3 is 0 Å². The average Bonchev–Trinajstić information content (AvgIpc) is 2.49. The number of nitro benzene ring substituents is 1. The molecule has 0 N–H and O–H groups in total. The lowest BCUT2D eigenvalue weighted by atomic mass is 10.1. The molecule has 0 bridgehead atoms. The van der Waals surface area contributed by atoms with E-state index in [-0.39, 0.29) is 11.3 Å². The molecule has 2 rings (SSSR count). The van der Waals surface area contributed by atoms with Crippen LogP contribution in [0.15, 0.2) is 30.3 Å². The number of nitro groups is 1. The predicted molar refractivity (Wildman–Crippen MR) is 82.7 cm³/mol. The van der Waals surface area contributed by atoms with Gasteiger partial charge in [-0.05, 0) is 39.0 Å². The van der Waals surface area contributed by atoms with E-state index in [1.54, 1.807) is 13.0 Å². The highest BCUT2D eigenvalue weighted by atomic mass is 16.6. The van der Waals surface area contributed by atoms with Gasteiger partial charge in [0.25, 0.3) is 5.69 Å². The number of ketones is 1. The number of hydrogen-bond donors (Lipinski definition) is 0. The minimum Gasteiger partial charge on any atom is -0.289 e. The van der Waals surface area contributed by atoms with Gasteiger partial charge in [0.2, 0.25) is 0 Å². The van der Waals surface area contributed by atoms with Gasteiger partial charge in [0.1, 0.15) is 0 Å². The van der Waals surface area contributed by atoms with Crippen molar-refractivity contribution < 1.29 is 9.72 Å². The molecule has 0 aliphatic heterocycles. The monoisotopic (exact) mass is 297 g/mol. The van der Waals surface area contributed by atoms with Gasteiger partial charge in [0.15, 0.2) is 5.78 Å². The van der Waals surface area contributed by atoms with E-state index < -0.39 is 10.7 Å². The van der Waals surface area contributed by atoms with Crippen molar-refractivity contribution in [3.63, 3.8) is 0 Å². The SMILES string of the molecule is Cc1nc(C)c(/C=C/C(=O)c2ccccc2[N+](=O)[O-])nc1C. The fourth-order valence-corrected chi connectivity index (χ4v) is 1.98. The topological polar surface area (TPSA) is 86.0 Å². The lowest BCUT2D eigenvalue weighted by Crippen LogP contribution is -2.02. The Bertz CT molecular complexity index is 782. The van der Waals surface area contributed by atoms with Crippen molar-refractivity contribution in [1.82, 2.24) is 9.97 Å². The lowest BCUT2D eigenvalue weighted by molar-refractivity contribution is -0.385. The molecular weight excluding hydrogens is 282 g/mol. The van der Waals surface area contributed by atoms with E-state index in [0.717, 1.165) is 11.4 Å². The molecule has 0 saturated carbocycles. The van der Waals surface area contributed by atoms with Gasteiger partial charge in [-0.1, -0.05) is 12.1 Å². The van der Waals surface area contributed by atoms with E-state index in [1.807, 2.05) is 13.8 Å². The van der Waals surface area contributed by atoms with Crippen LogP contribution in [0, 0.1) is 30.9 Å². The van der Waals surface area contributed by atoms with Gasteiger partial charge in [-0.25, -0.2) is 4.98 Å². The van der Waals surface area contributed by atoms with E-state index in [9.17, 15) is 14.9 Å². The smallest absolute Gasteiger partial charge is 0.280 e. The Morgan fingerprint density at radius 2 is 1.73 bits per heavy atom. The molecule has 0 aliphatic rings. The van der Waals surface area contributed by atoms with E-state index in [1.165, 1.54) is 30.4 Å². The fourth-order valence-electron chi connectivity index (χ4n) is 1.98. The maximum atomic E-state index is 12.2. The third kappa shape index (κ3) is 3.22. The molecule has 0 radical (unpaired) electrons. The van der Waals surface area contributed by atoms with E-state index in [4.69, 9.17) is 0 Å². The van der Waals surface area contributed by atoms with Crippen molar-refractivity contribution in [1.29, 1.82) is 0 Å². The molecular formula is C16H15N3O3. The number of carbonyl (C=O) groups is 1. The van der Waals surface area contributed by atoms with Gasteiger partial charge in [-0.2, -0.15) is 0 Å². The van der Waals surface area contributed by atoms with Crippen LogP contribution in [-0.2, 0) is 0 Å². The largest absolute Gasteiger partial charge is 0.289 e. The summed E-state index contributed by atoms with van der Waals surface area (Å²) >= 11 is 0. The van der Waals surface area contributed by atoms with Crippen LogP contribution in [0.4, 0.5) is 5.69 Å². The Labute approximate surface area is 127 Å². The van der Waals surface area contributed by atoms with Crippen LogP contribution in [0.25, 0.3) is 6.08 Å². The molecule has 112 valence electrons. The van der Waals surface area contributed by atoms with E-state index >= 15 is 0 Å². The number of hydrogen-bond acceptors (Lipinski definition) is 5. The maximum Gasteiger partial charge on any atom is 0.280 e. The van der Waals surface area contributed by atoms with Crippen LogP contribution in [0.1, 0.15) is 33.1 Å². The Kier molecular flexibility index (Phi) is 4.41.